The lowest BCUT2D eigenvalue weighted by Crippen LogP contribution is -2.41. The van der Waals surface area contributed by atoms with Gasteiger partial charge in [0.05, 0.1) is 11.1 Å². The van der Waals surface area contributed by atoms with Crippen molar-refractivity contribution in [2.24, 2.45) is 13.0 Å². The Morgan fingerprint density at radius 3 is 2.69 bits per heavy atom. The molecule has 3 aromatic rings. The summed E-state index contributed by atoms with van der Waals surface area (Å²) in [7, 11) is 1.90. The van der Waals surface area contributed by atoms with Crippen LogP contribution in [0.4, 0.5) is 0 Å². The average molecular weight is 367 g/mol. The van der Waals surface area contributed by atoms with Gasteiger partial charge in [0.15, 0.2) is 0 Å². The Balaban J connectivity index is 1.49. The summed E-state index contributed by atoms with van der Waals surface area (Å²) in [5.74, 6) is 0.113. The Labute approximate surface area is 156 Å². The third kappa shape index (κ3) is 2.90. The number of aromatic nitrogens is 1. The lowest BCUT2D eigenvalue weighted by Gasteiger charge is -2.18. The minimum absolute atomic E-state index is 0.245. The normalized spacial score (nSPS) is 16.3. The maximum Gasteiger partial charge on any atom is 0.271 e. The number of hydrazine groups is 1. The highest BCUT2D eigenvalue weighted by atomic mass is 32.1. The summed E-state index contributed by atoms with van der Waals surface area (Å²) in [5.41, 5.74) is 8.49. The molecule has 1 atom stereocenters. The van der Waals surface area contributed by atoms with E-state index in [1.54, 1.807) is 17.5 Å². The fourth-order valence-corrected chi connectivity index (χ4v) is 4.88. The molecule has 4 rings (SSSR count). The Hall–Kier alpha value is -2.60. The number of hydrogen-bond acceptors (Lipinski definition) is 3. The van der Waals surface area contributed by atoms with Crippen LogP contribution in [0.15, 0.2) is 35.8 Å². The van der Waals surface area contributed by atoms with E-state index in [1.807, 2.05) is 41.3 Å². The number of nitrogens with zero attached hydrogens (tertiary/aromatic N) is 1. The zero-order chi connectivity index (χ0) is 18.3. The van der Waals surface area contributed by atoms with Gasteiger partial charge in [-0.15, -0.1) is 11.3 Å². The first-order valence-electron chi connectivity index (χ1n) is 8.78. The highest BCUT2D eigenvalue weighted by Crippen LogP contribution is 2.32. The van der Waals surface area contributed by atoms with Crippen LogP contribution in [-0.4, -0.2) is 16.4 Å². The van der Waals surface area contributed by atoms with Crippen molar-refractivity contribution in [1.82, 2.24) is 15.4 Å². The molecule has 1 aromatic carbocycles. The summed E-state index contributed by atoms with van der Waals surface area (Å²) in [6, 6.07) is 7.70. The molecule has 2 N–H and O–H groups in total. The maximum absolute atomic E-state index is 12.5. The van der Waals surface area contributed by atoms with Crippen LogP contribution in [0.3, 0.4) is 0 Å². The molecule has 1 aliphatic rings. The second-order valence-corrected chi connectivity index (χ2v) is 7.94. The van der Waals surface area contributed by atoms with Crippen molar-refractivity contribution in [2.45, 2.75) is 26.2 Å². The van der Waals surface area contributed by atoms with Gasteiger partial charge >= 0.3 is 0 Å². The second kappa shape index (κ2) is 6.61. The lowest BCUT2D eigenvalue weighted by molar-refractivity contribution is 0.0847. The van der Waals surface area contributed by atoms with Gasteiger partial charge in [-0.3, -0.25) is 20.4 Å². The second-order valence-electron chi connectivity index (χ2n) is 6.98. The highest BCUT2D eigenvalue weighted by Gasteiger charge is 2.23. The molecule has 6 heteroatoms. The van der Waals surface area contributed by atoms with Crippen LogP contribution in [0.2, 0.25) is 0 Å². The van der Waals surface area contributed by atoms with Crippen LogP contribution < -0.4 is 10.9 Å². The number of thiophene rings is 1. The predicted molar refractivity (Wildman–Crippen MR) is 103 cm³/mol. The van der Waals surface area contributed by atoms with Crippen LogP contribution in [-0.2, 0) is 19.9 Å². The predicted octanol–water partition coefficient (Wildman–Crippen LogP) is 3.44. The quantitative estimate of drug-likeness (QED) is 0.682. The van der Waals surface area contributed by atoms with E-state index in [1.165, 1.54) is 4.88 Å². The number of fused-ring (bicyclic) bond motifs is 2. The van der Waals surface area contributed by atoms with Gasteiger partial charge in [-0.2, -0.15) is 0 Å². The summed E-state index contributed by atoms with van der Waals surface area (Å²) in [6.45, 7) is 2.24. The number of carbonyl (C=O) groups excluding carboxylic acids is 2. The van der Waals surface area contributed by atoms with Crippen molar-refractivity contribution in [1.29, 1.82) is 0 Å². The molecule has 0 radical (unpaired) electrons. The third-order valence-corrected chi connectivity index (χ3v) is 6.13. The first kappa shape index (κ1) is 16.8. The van der Waals surface area contributed by atoms with E-state index in [0.29, 0.717) is 17.0 Å². The molecule has 2 heterocycles. The molecule has 0 fully saturated rings. The van der Waals surface area contributed by atoms with Crippen LogP contribution >= 0.6 is 11.3 Å². The molecular weight excluding hydrogens is 346 g/mol. The Bertz CT molecular complexity index is 1000. The standard InChI is InChI=1S/C20H21N3O2S/c1-12-7-8-14-16(11-26-18(14)9-12)20(25)22-21-19(24)15-10-23(2)17-6-4-3-5-13(15)17/h3-6,10-12H,7-9H2,1-2H3,(H,21,24)(H,22,25). The average Bonchev–Trinajstić information content (AvgIpc) is 3.21. The fraction of sp³-hybridized carbons (Fsp3) is 0.300. The monoisotopic (exact) mass is 367 g/mol. The van der Waals surface area contributed by atoms with E-state index in [0.717, 1.165) is 35.7 Å². The SMILES string of the molecule is CC1CCc2c(C(=O)NNC(=O)c3cn(C)c4ccccc34)csc2C1. The molecule has 1 aliphatic carbocycles. The lowest BCUT2D eigenvalue weighted by atomic mass is 9.88. The van der Waals surface area contributed by atoms with E-state index in [4.69, 9.17) is 0 Å². The molecule has 0 spiro atoms. The van der Waals surface area contributed by atoms with E-state index < -0.39 is 0 Å². The zero-order valence-electron chi connectivity index (χ0n) is 14.8. The van der Waals surface area contributed by atoms with Gasteiger partial charge in [0, 0.05) is 34.4 Å². The number of hydrogen-bond donors (Lipinski definition) is 2. The number of aryl methyl sites for hydroxylation is 1. The van der Waals surface area contributed by atoms with Crippen molar-refractivity contribution in [3.05, 3.63) is 57.4 Å². The van der Waals surface area contributed by atoms with Gasteiger partial charge in [0.2, 0.25) is 0 Å². The first-order valence-corrected chi connectivity index (χ1v) is 9.66. The first-order chi connectivity index (χ1) is 12.5. The van der Waals surface area contributed by atoms with Crippen LogP contribution in [0, 0.1) is 5.92 Å². The molecule has 2 amide bonds. The largest absolute Gasteiger partial charge is 0.350 e. The summed E-state index contributed by atoms with van der Waals surface area (Å²) in [4.78, 5) is 26.4. The van der Waals surface area contributed by atoms with Crippen LogP contribution in [0.5, 0.6) is 0 Å². The van der Waals surface area contributed by atoms with Crippen molar-refractivity contribution < 1.29 is 9.59 Å². The molecule has 2 aromatic heterocycles. The van der Waals surface area contributed by atoms with Crippen molar-refractivity contribution in [3.63, 3.8) is 0 Å². The van der Waals surface area contributed by atoms with Gasteiger partial charge in [-0.25, -0.2) is 0 Å². The van der Waals surface area contributed by atoms with Crippen LogP contribution in [0.25, 0.3) is 10.9 Å². The Morgan fingerprint density at radius 2 is 1.88 bits per heavy atom. The third-order valence-electron chi connectivity index (χ3n) is 5.08. The molecule has 0 aliphatic heterocycles. The van der Waals surface area contributed by atoms with Crippen LogP contribution in [0.1, 0.15) is 44.5 Å². The number of nitrogens with one attached hydrogen (secondary N) is 2. The molecule has 5 nitrogen and oxygen atoms in total. The summed E-state index contributed by atoms with van der Waals surface area (Å²) in [6.07, 6.45) is 4.85. The van der Waals surface area contributed by atoms with Crippen molar-refractivity contribution in [3.8, 4) is 0 Å². The molecule has 134 valence electrons. The minimum atomic E-state index is -0.312. The number of amides is 2. The number of para-hydroxylation sites is 1. The number of carbonyl (C=O) groups is 2. The molecule has 1 unspecified atom stereocenters. The minimum Gasteiger partial charge on any atom is -0.350 e. The highest BCUT2D eigenvalue weighted by molar-refractivity contribution is 7.10. The molecule has 0 bridgehead atoms. The Morgan fingerprint density at radius 1 is 1.15 bits per heavy atom. The smallest absolute Gasteiger partial charge is 0.271 e. The number of rotatable bonds is 2. The van der Waals surface area contributed by atoms with Gasteiger partial charge < -0.3 is 4.57 Å². The molecule has 26 heavy (non-hydrogen) atoms. The maximum atomic E-state index is 12.5. The molecular formula is C20H21N3O2S. The topological polar surface area (TPSA) is 63.1 Å². The summed E-state index contributed by atoms with van der Waals surface area (Å²) >= 11 is 1.64. The van der Waals surface area contributed by atoms with E-state index in [2.05, 4.69) is 17.8 Å². The zero-order valence-corrected chi connectivity index (χ0v) is 15.7. The van der Waals surface area contributed by atoms with Gasteiger partial charge in [0.25, 0.3) is 11.8 Å². The number of benzene rings is 1. The molecule has 0 saturated carbocycles. The van der Waals surface area contributed by atoms with E-state index in [-0.39, 0.29) is 11.8 Å². The fourth-order valence-electron chi connectivity index (χ4n) is 3.64. The molecule has 0 saturated heterocycles. The summed E-state index contributed by atoms with van der Waals surface area (Å²) in [5, 5.41) is 2.77. The van der Waals surface area contributed by atoms with Gasteiger partial charge in [-0.05, 0) is 36.8 Å². The van der Waals surface area contributed by atoms with Gasteiger partial charge in [0.1, 0.15) is 0 Å². The van der Waals surface area contributed by atoms with Gasteiger partial charge in [-0.1, -0.05) is 25.1 Å². The summed E-state index contributed by atoms with van der Waals surface area (Å²) < 4.78 is 1.91. The Kier molecular flexibility index (Phi) is 4.28. The van der Waals surface area contributed by atoms with Crippen molar-refractivity contribution in [2.75, 3.05) is 0 Å². The van der Waals surface area contributed by atoms with E-state index in [9.17, 15) is 9.59 Å². The van der Waals surface area contributed by atoms with Crippen molar-refractivity contribution >= 4 is 34.1 Å². The van der Waals surface area contributed by atoms with E-state index >= 15 is 0 Å².